The van der Waals surface area contributed by atoms with E-state index >= 15 is 0 Å². The third-order valence-electron chi connectivity index (χ3n) is 4.99. The minimum absolute atomic E-state index is 0.0109. The predicted molar refractivity (Wildman–Crippen MR) is 107 cm³/mol. The summed E-state index contributed by atoms with van der Waals surface area (Å²) in [6.45, 7) is 3.90. The van der Waals surface area contributed by atoms with Crippen LogP contribution in [0.1, 0.15) is 55.6 Å². The smallest absolute Gasteiger partial charge is 0.365 e. The van der Waals surface area contributed by atoms with Crippen LogP contribution >= 0.6 is 11.3 Å². The van der Waals surface area contributed by atoms with E-state index in [1.807, 2.05) is 6.92 Å². The number of benzene rings is 1. The number of primary amides is 1. The van der Waals surface area contributed by atoms with Gasteiger partial charge in [-0.2, -0.15) is 26.3 Å². The van der Waals surface area contributed by atoms with Gasteiger partial charge in [0.15, 0.2) is 0 Å². The van der Waals surface area contributed by atoms with Crippen LogP contribution in [0.3, 0.4) is 0 Å². The molecule has 0 saturated carbocycles. The van der Waals surface area contributed by atoms with Gasteiger partial charge in [-0.3, -0.25) is 14.5 Å². The van der Waals surface area contributed by atoms with Crippen LogP contribution in [0.4, 0.5) is 31.3 Å². The van der Waals surface area contributed by atoms with Crippen LogP contribution in [0.2, 0.25) is 0 Å². The number of hydrogen-bond acceptors (Lipinski definition) is 4. The topological polar surface area (TPSA) is 75.4 Å². The monoisotopic (exact) mass is 479 g/mol. The molecule has 174 valence electrons. The lowest BCUT2D eigenvalue weighted by atomic mass is 10.0. The average Bonchev–Trinajstić information content (AvgIpc) is 3.03. The first-order valence-electron chi connectivity index (χ1n) is 9.58. The number of anilines is 1. The molecule has 2 aromatic rings. The molecule has 0 fully saturated rings. The summed E-state index contributed by atoms with van der Waals surface area (Å²) < 4.78 is 78.5. The maximum Gasteiger partial charge on any atom is 0.416 e. The van der Waals surface area contributed by atoms with Crippen molar-refractivity contribution in [1.29, 1.82) is 0 Å². The summed E-state index contributed by atoms with van der Waals surface area (Å²) in [6.07, 6.45) is -8.71. The average molecular weight is 479 g/mol. The number of hydrogen-bond donors (Lipinski definition) is 2. The highest BCUT2D eigenvalue weighted by atomic mass is 32.1. The maximum atomic E-state index is 13.1. The second-order valence-electron chi connectivity index (χ2n) is 7.35. The van der Waals surface area contributed by atoms with E-state index in [0.29, 0.717) is 30.7 Å². The molecule has 0 radical (unpaired) electrons. The molecule has 0 aliphatic carbocycles. The number of thiophene rings is 1. The number of halogens is 6. The molecule has 3 N–H and O–H groups in total. The van der Waals surface area contributed by atoms with Gasteiger partial charge in [0, 0.05) is 23.5 Å². The molecule has 3 rings (SSSR count). The Morgan fingerprint density at radius 3 is 2.19 bits per heavy atom. The molecule has 12 heteroatoms. The fourth-order valence-corrected chi connectivity index (χ4v) is 4.76. The van der Waals surface area contributed by atoms with Gasteiger partial charge in [-0.05, 0) is 43.1 Å². The lowest BCUT2D eigenvalue weighted by molar-refractivity contribution is -0.143. The zero-order valence-corrected chi connectivity index (χ0v) is 17.6. The van der Waals surface area contributed by atoms with Crippen LogP contribution in [-0.4, -0.2) is 29.8 Å². The van der Waals surface area contributed by atoms with Gasteiger partial charge < -0.3 is 11.1 Å². The number of alkyl halides is 6. The Bertz CT molecular complexity index is 1010. The summed E-state index contributed by atoms with van der Waals surface area (Å²) >= 11 is 1.05. The summed E-state index contributed by atoms with van der Waals surface area (Å²) in [6, 6.07) is 0.619. The molecule has 0 atom stereocenters. The highest BCUT2D eigenvalue weighted by Crippen LogP contribution is 2.39. The third kappa shape index (κ3) is 5.07. The fourth-order valence-electron chi connectivity index (χ4n) is 3.56. The Morgan fingerprint density at radius 2 is 1.69 bits per heavy atom. The van der Waals surface area contributed by atoms with E-state index in [9.17, 15) is 35.9 Å². The van der Waals surface area contributed by atoms with Crippen molar-refractivity contribution in [3.8, 4) is 0 Å². The third-order valence-corrected chi connectivity index (χ3v) is 6.20. The molecule has 2 heterocycles. The zero-order valence-electron chi connectivity index (χ0n) is 16.8. The first-order chi connectivity index (χ1) is 14.8. The summed E-state index contributed by atoms with van der Waals surface area (Å²) in [5, 5.41) is 2.31. The lowest BCUT2D eigenvalue weighted by Crippen LogP contribution is -2.31. The van der Waals surface area contributed by atoms with Crippen molar-refractivity contribution in [1.82, 2.24) is 4.90 Å². The maximum absolute atomic E-state index is 13.1. The van der Waals surface area contributed by atoms with Crippen molar-refractivity contribution < 1.29 is 35.9 Å². The number of carbonyl (C=O) groups excluding carboxylic acids is 2. The molecule has 1 aliphatic heterocycles. The van der Waals surface area contributed by atoms with Crippen molar-refractivity contribution in [3.05, 3.63) is 50.9 Å². The molecule has 0 saturated heterocycles. The van der Waals surface area contributed by atoms with Gasteiger partial charge in [-0.1, -0.05) is 6.92 Å². The van der Waals surface area contributed by atoms with Crippen molar-refractivity contribution in [3.63, 3.8) is 0 Å². The highest BCUT2D eigenvalue weighted by Gasteiger charge is 2.38. The molecule has 32 heavy (non-hydrogen) atoms. The fraction of sp³-hybridized carbons (Fsp3) is 0.400. The molecular formula is C20H19F6N3O2S. The normalized spacial score (nSPS) is 14.8. The van der Waals surface area contributed by atoms with E-state index in [0.717, 1.165) is 35.7 Å². The largest absolute Gasteiger partial charge is 0.416 e. The second-order valence-corrected chi connectivity index (χ2v) is 8.45. The van der Waals surface area contributed by atoms with Gasteiger partial charge in [-0.15, -0.1) is 11.3 Å². The van der Waals surface area contributed by atoms with E-state index in [2.05, 4.69) is 10.2 Å². The van der Waals surface area contributed by atoms with Crippen molar-refractivity contribution >= 4 is 28.2 Å². The Labute approximate surface area is 183 Å². The first-order valence-corrected chi connectivity index (χ1v) is 10.4. The molecule has 1 aromatic carbocycles. The highest BCUT2D eigenvalue weighted by molar-refractivity contribution is 7.17. The zero-order chi connectivity index (χ0) is 23.8. The van der Waals surface area contributed by atoms with Crippen LogP contribution in [0, 0.1) is 0 Å². The number of amides is 2. The van der Waals surface area contributed by atoms with Crippen LogP contribution < -0.4 is 11.1 Å². The number of rotatable bonds is 5. The van der Waals surface area contributed by atoms with Crippen molar-refractivity contribution in [2.24, 2.45) is 5.73 Å². The van der Waals surface area contributed by atoms with E-state index in [-0.39, 0.29) is 16.6 Å². The molecule has 5 nitrogen and oxygen atoms in total. The molecule has 0 unspecified atom stereocenters. The minimum Gasteiger partial charge on any atom is -0.365 e. The summed E-state index contributed by atoms with van der Waals surface area (Å²) in [5.74, 6) is -2.04. The molecule has 1 aliphatic rings. The van der Waals surface area contributed by atoms with Gasteiger partial charge in [-0.25, -0.2) is 0 Å². The van der Waals surface area contributed by atoms with Crippen LogP contribution in [-0.2, 0) is 25.3 Å². The SMILES string of the molecule is CCCN1CCc2sc(NC(=O)c3cc(C(F)(F)F)cc(C(F)(F)F)c3)c(C(N)=O)c2C1. The number of nitrogens with two attached hydrogens (primary N) is 1. The number of nitrogens with zero attached hydrogens (tertiary/aromatic N) is 1. The van der Waals surface area contributed by atoms with Crippen LogP contribution in [0.5, 0.6) is 0 Å². The Hall–Kier alpha value is -2.60. The van der Waals surface area contributed by atoms with E-state index in [1.165, 1.54) is 0 Å². The van der Waals surface area contributed by atoms with Gasteiger partial charge >= 0.3 is 12.4 Å². The quantitative estimate of drug-likeness (QED) is 0.599. The second kappa shape index (κ2) is 8.74. The van der Waals surface area contributed by atoms with Crippen molar-refractivity contribution in [2.45, 2.75) is 38.7 Å². The summed E-state index contributed by atoms with van der Waals surface area (Å²) in [5.41, 5.74) is 2.09. The van der Waals surface area contributed by atoms with Crippen LogP contribution in [0.25, 0.3) is 0 Å². The van der Waals surface area contributed by atoms with Crippen molar-refractivity contribution in [2.75, 3.05) is 18.4 Å². The molecular weight excluding hydrogens is 460 g/mol. The molecule has 0 bridgehead atoms. The first kappa shape index (κ1) is 24.1. The van der Waals surface area contributed by atoms with E-state index < -0.39 is 40.9 Å². The Morgan fingerprint density at radius 1 is 1.09 bits per heavy atom. The molecule has 1 aromatic heterocycles. The number of nitrogens with one attached hydrogen (secondary N) is 1. The van der Waals surface area contributed by atoms with E-state index in [4.69, 9.17) is 5.73 Å². The number of fused-ring (bicyclic) bond motifs is 1. The van der Waals surface area contributed by atoms with Gasteiger partial charge in [0.25, 0.3) is 11.8 Å². The molecule has 0 spiro atoms. The molecule has 2 amide bonds. The van der Waals surface area contributed by atoms with Gasteiger partial charge in [0.1, 0.15) is 5.00 Å². The van der Waals surface area contributed by atoms with Crippen LogP contribution in [0.15, 0.2) is 18.2 Å². The Balaban J connectivity index is 1.98. The summed E-state index contributed by atoms with van der Waals surface area (Å²) in [7, 11) is 0. The number of carbonyl (C=O) groups is 2. The standard InChI is InChI=1S/C20H19F6N3O2S/c1-2-4-29-5-3-14-13(9-29)15(16(27)30)18(32-14)28-17(31)10-6-11(19(21,22)23)8-12(7-10)20(24,25)26/h6-8H,2-5,9H2,1H3,(H2,27,30)(H,28,31). The van der Waals surface area contributed by atoms with Gasteiger partial charge in [0.05, 0.1) is 16.7 Å². The predicted octanol–water partition coefficient (Wildman–Crippen LogP) is 4.91. The Kier molecular flexibility index (Phi) is 6.57. The lowest BCUT2D eigenvalue weighted by Gasteiger charge is -2.26. The summed E-state index contributed by atoms with van der Waals surface area (Å²) in [4.78, 5) is 27.6. The van der Waals surface area contributed by atoms with Gasteiger partial charge in [0.2, 0.25) is 0 Å². The van der Waals surface area contributed by atoms with E-state index in [1.54, 1.807) is 0 Å². The minimum atomic E-state index is -5.08.